The molecular weight excluding hydrogens is 278 g/mol. The molecule has 0 bridgehead atoms. The number of primary sulfonamides is 1. The topological polar surface area (TPSA) is 80.5 Å². The van der Waals surface area contributed by atoms with Gasteiger partial charge in [0.05, 0.1) is 5.56 Å². The van der Waals surface area contributed by atoms with Gasteiger partial charge in [-0.1, -0.05) is 0 Å². The molecule has 1 aromatic carbocycles. The molecular formula is C11H12F2N2O3S. The van der Waals surface area contributed by atoms with Gasteiger partial charge in [0.1, 0.15) is 16.5 Å². The fourth-order valence-electron chi connectivity index (χ4n) is 1.73. The van der Waals surface area contributed by atoms with Crippen LogP contribution in [-0.2, 0) is 10.0 Å². The Morgan fingerprint density at radius 3 is 2.37 bits per heavy atom. The van der Waals surface area contributed by atoms with Crippen LogP contribution in [-0.4, -0.2) is 32.3 Å². The van der Waals surface area contributed by atoms with Crippen LogP contribution in [0.25, 0.3) is 0 Å². The summed E-state index contributed by atoms with van der Waals surface area (Å²) in [5.41, 5.74) is -0.500. The summed E-state index contributed by atoms with van der Waals surface area (Å²) < 4.78 is 49.2. The van der Waals surface area contributed by atoms with Crippen LogP contribution in [0, 0.1) is 11.6 Å². The van der Waals surface area contributed by atoms with E-state index in [0.717, 1.165) is 12.8 Å². The number of hydrogen-bond acceptors (Lipinski definition) is 3. The Kier molecular flexibility index (Phi) is 3.31. The van der Waals surface area contributed by atoms with E-state index in [1.165, 1.54) is 11.9 Å². The summed E-state index contributed by atoms with van der Waals surface area (Å²) in [5, 5.41) is 4.81. The molecule has 0 saturated heterocycles. The van der Waals surface area contributed by atoms with Crippen molar-refractivity contribution in [2.24, 2.45) is 5.14 Å². The van der Waals surface area contributed by atoms with Crippen LogP contribution < -0.4 is 5.14 Å². The van der Waals surface area contributed by atoms with Crippen molar-refractivity contribution < 1.29 is 22.0 Å². The second-order valence-corrected chi connectivity index (χ2v) is 5.98. The van der Waals surface area contributed by atoms with Gasteiger partial charge in [0, 0.05) is 19.2 Å². The second kappa shape index (κ2) is 4.53. The number of nitrogens with two attached hydrogens (primary N) is 1. The molecule has 19 heavy (non-hydrogen) atoms. The number of carbonyl (C=O) groups excluding carboxylic acids is 1. The lowest BCUT2D eigenvalue weighted by molar-refractivity contribution is 0.0780. The Bertz CT molecular complexity index is 642. The van der Waals surface area contributed by atoms with Gasteiger partial charge in [-0.25, -0.2) is 22.3 Å². The average molecular weight is 290 g/mol. The van der Waals surface area contributed by atoms with Crippen LogP contribution in [0.5, 0.6) is 0 Å². The van der Waals surface area contributed by atoms with E-state index in [1.807, 2.05) is 0 Å². The molecule has 0 radical (unpaired) electrons. The molecule has 5 nitrogen and oxygen atoms in total. The maximum atomic E-state index is 13.6. The zero-order chi connectivity index (χ0) is 14.4. The van der Waals surface area contributed by atoms with Crippen molar-refractivity contribution in [3.8, 4) is 0 Å². The van der Waals surface area contributed by atoms with E-state index in [1.54, 1.807) is 0 Å². The molecule has 0 aromatic heterocycles. The van der Waals surface area contributed by atoms with Gasteiger partial charge in [0.15, 0.2) is 0 Å². The fraction of sp³-hybridized carbons (Fsp3) is 0.364. The highest BCUT2D eigenvalue weighted by Crippen LogP contribution is 2.28. The predicted octanol–water partition coefficient (Wildman–Crippen LogP) is 0.847. The lowest BCUT2D eigenvalue weighted by Crippen LogP contribution is -2.30. The zero-order valence-corrected chi connectivity index (χ0v) is 10.9. The van der Waals surface area contributed by atoms with E-state index in [4.69, 9.17) is 5.14 Å². The van der Waals surface area contributed by atoms with Crippen LogP contribution >= 0.6 is 0 Å². The van der Waals surface area contributed by atoms with E-state index in [2.05, 4.69) is 0 Å². The normalized spacial score (nSPS) is 15.4. The number of rotatable bonds is 3. The summed E-state index contributed by atoms with van der Waals surface area (Å²) in [5.74, 6) is -3.11. The number of carbonyl (C=O) groups is 1. The Morgan fingerprint density at radius 2 is 1.89 bits per heavy atom. The summed E-state index contributed by atoms with van der Waals surface area (Å²) in [4.78, 5) is 12.4. The molecule has 2 rings (SSSR count). The van der Waals surface area contributed by atoms with Crippen LogP contribution in [0.15, 0.2) is 17.0 Å². The van der Waals surface area contributed by atoms with E-state index in [9.17, 15) is 22.0 Å². The first-order chi connectivity index (χ1) is 8.71. The van der Waals surface area contributed by atoms with Gasteiger partial charge in [-0.05, 0) is 18.9 Å². The Labute approximate surface area is 109 Å². The second-order valence-electron chi connectivity index (χ2n) is 4.45. The maximum absolute atomic E-state index is 13.6. The van der Waals surface area contributed by atoms with E-state index < -0.39 is 38.0 Å². The molecule has 1 fully saturated rings. The minimum atomic E-state index is -4.35. The van der Waals surface area contributed by atoms with Gasteiger partial charge in [0.2, 0.25) is 10.0 Å². The first kappa shape index (κ1) is 13.9. The SMILES string of the molecule is CN(C(=O)c1cc(S(N)(=O)=O)c(F)cc1F)C1CC1. The largest absolute Gasteiger partial charge is 0.339 e. The minimum Gasteiger partial charge on any atom is -0.339 e. The lowest BCUT2D eigenvalue weighted by atomic mass is 10.2. The molecule has 1 amide bonds. The van der Waals surface area contributed by atoms with Crippen molar-refractivity contribution in [2.75, 3.05) is 7.05 Å². The minimum absolute atomic E-state index is 0.0230. The Morgan fingerprint density at radius 1 is 1.32 bits per heavy atom. The smallest absolute Gasteiger partial charge is 0.256 e. The molecule has 0 unspecified atom stereocenters. The van der Waals surface area contributed by atoms with Crippen LogP contribution in [0.1, 0.15) is 23.2 Å². The number of hydrogen-bond donors (Lipinski definition) is 1. The van der Waals surface area contributed by atoms with Crippen molar-refractivity contribution >= 4 is 15.9 Å². The summed E-state index contributed by atoms with van der Waals surface area (Å²) in [6.07, 6.45) is 1.63. The third-order valence-electron chi connectivity index (χ3n) is 2.97. The number of benzene rings is 1. The maximum Gasteiger partial charge on any atom is 0.256 e. The Balaban J connectivity index is 2.48. The highest BCUT2D eigenvalue weighted by Gasteiger charge is 2.32. The number of sulfonamides is 1. The monoisotopic (exact) mass is 290 g/mol. The highest BCUT2D eigenvalue weighted by atomic mass is 32.2. The average Bonchev–Trinajstić information content (AvgIpc) is 3.09. The van der Waals surface area contributed by atoms with Crippen molar-refractivity contribution in [1.82, 2.24) is 4.90 Å². The molecule has 0 atom stereocenters. The predicted molar refractivity (Wildman–Crippen MR) is 62.8 cm³/mol. The van der Waals surface area contributed by atoms with E-state index >= 15 is 0 Å². The summed E-state index contributed by atoms with van der Waals surface area (Å²) in [6, 6.07) is 1.02. The third kappa shape index (κ3) is 2.74. The van der Waals surface area contributed by atoms with Crippen LogP contribution in [0.3, 0.4) is 0 Å². The standard InChI is InChI=1S/C11H12F2N2O3S/c1-15(6-2-3-6)11(16)7-4-10(19(14,17)18)9(13)5-8(7)12/h4-6H,2-3H2,1H3,(H2,14,17,18). The Hall–Kier alpha value is -1.54. The van der Waals surface area contributed by atoms with Crippen LogP contribution in [0.4, 0.5) is 8.78 Å². The number of amides is 1. The van der Waals surface area contributed by atoms with Crippen LogP contribution in [0.2, 0.25) is 0 Å². The first-order valence-corrected chi connectivity index (χ1v) is 7.05. The van der Waals surface area contributed by atoms with E-state index in [0.29, 0.717) is 12.1 Å². The van der Waals surface area contributed by atoms with Gasteiger partial charge in [0.25, 0.3) is 5.91 Å². The molecule has 104 valence electrons. The molecule has 1 aliphatic rings. The van der Waals surface area contributed by atoms with Gasteiger partial charge in [-0.15, -0.1) is 0 Å². The van der Waals surface area contributed by atoms with Gasteiger partial charge < -0.3 is 4.90 Å². The number of halogens is 2. The summed E-state index contributed by atoms with van der Waals surface area (Å²) >= 11 is 0. The summed E-state index contributed by atoms with van der Waals surface area (Å²) in [7, 11) is -2.86. The number of nitrogens with zero attached hydrogens (tertiary/aromatic N) is 1. The molecule has 1 aliphatic carbocycles. The van der Waals surface area contributed by atoms with Crippen molar-refractivity contribution in [3.63, 3.8) is 0 Å². The molecule has 8 heteroatoms. The molecule has 1 saturated carbocycles. The first-order valence-electron chi connectivity index (χ1n) is 5.51. The lowest BCUT2D eigenvalue weighted by Gasteiger charge is -2.17. The zero-order valence-electron chi connectivity index (χ0n) is 10.1. The third-order valence-corrected chi connectivity index (χ3v) is 3.90. The highest BCUT2D eigenvalue weighted by molar-refractivity contribution is 7.89. The molecule has 1 aromatic rings. The van der Waals surface area contributed by atoms with Gasteiger partial charge >= 0.3 is 0 Å². The quantitative estimate of drug-likeness (QED) is 0.896. The van der Waals surface area contributed by atoms with Crippen molar-refractivity contribution in [1.29, 1.82) is 0 Å². The molecule has 0 spiro atoms. The molecule has 2 N–H and O–H groups in total. The molecule has 0 aliphatic heterocycles. The van der Waals surface area contributed by atoms with Gasteiger partial charge in [-0.3, -0.25) is 4.79 Å². The van der Waals surface area contributed by atoms with E-state index in [-0.39, 0.29) is 6.04 Å². The molecule has 0 heterocycles. The summed E-state index contributed by atoms with van der Waals surface area (Å²) in [6.45, 7) is 0. The van der Waals surface area contributed by atoms with Crippen molar-refractivity contribution in [3.05, 3.63) is 29.3 Å². The van der Waals surface area contributed by atoms with Gasteiger partial charge in [-0.2, -0.15) is 0 Å². The van der Waals surface area contributed by atoms with Crippen molar-refractivity contribution in [2.45, 2.75) is 23.8 Å². The fourth-order valence-corrected chi connectivity index (χ4v) is 2.34.